The number of unbranched alkanes of at least 4 members (excludes halogenated alkanes) is 2. The molecule has 0 radical (unpaired) electrons. The fourth-order valence-electron chi connectivity index (χ4n) is 1.66. The minimum Gasteiger partial charge on any atom is -0.469 e. The second-order valence-corrected chi connectivity index (χ2v) is 6.09. The Morgan fingerprint density at radius 1 is 1.20 bits per heavy atom. The van der Waals surface area contributed by atoms with Crippen LogP contribution in [0.25, 0.3) is 0 Å². The molecule has 6 heteroatoms. The van der Waals surface area contributed by atoms with E-state index in [0.29, 0.717) is 19.3 Å². The van der Waals surface area contributed by atoms with Crippen LogP contribution in [0.2, 0.25) is 0 Å². The first kappa shape index (κ1) is 16.7. The van der Waals surface area contributed by atoms with Gasteiger partial charge >= 0.3 is 5.97 Å². The molecule has 0 spiro atoms. The molecule has 0 unspecified atom stereocenters. The van der Waals surface area contributed by atoms with Crippen LogP contribution in [-0.4, -0.2) is 28.1 Å². The minimum absolute atomic E-state index is 0.122. The second kappa shape index (κ2) is 8.01. The van der Waals surface area contributed by atoms with Gasteiger partial charge in [-0.2, -0.15) is 8.42 Å². The van der Waals surface area contributed by atoms with Gasteiger partial charge in [-0.1, -0.05) is 18.6 Å². The number of hydrogen-bond acceptors (Lipinski definition) is 5. The second-order valence-electron chi connectivity index (χ2n) is 4.48. The molecule has 0 saturated carbocycles. The molecule has 5 nitrogen and oxygen atoms in total. The van der Waals surface area contributed by atoms with Gasteiger partial charge in [-0.3, -0.25) is 8.98 Å². The van der Waals surface area contributed by atoms with Crippen LogP contribution >= 0.6 is 0 Å². The summed E-state index contributed by atoms with van der Waals surface area (Å²) in [5, 5.41) is 0. The maximum absolute atomic E-state index is 11.9. The van der Waals surface area contributed by atoms with Crippen LogP contribution in [0.4, 0.5) is 0 Å². The Bertz CT molecular complexity index is 536. The lowest BCUT2D eigenvalue weighted by Gasteiger charge is -2.06. The number of aryl methyl sites for hydroxylation is 1. The van der Waals surface area contributed by atoms with Crippen LogP contribution in [0.3, 0.4) is 0 Å². The molecular formula is C14H20O5S. The molecule has 0 heterocycles. The summed E-state index contributed by atoms with van der Waals surface area (Å²) in [4.78, 5) is 11.0. The standard InChI is InChI=1S/C14H20O5S/c1-12-7-6-8-13(11-12)20(16,17)19-10-5-3-4-9-14(15)18-2/h6-8,11H,3-5,9-10H2,1-2H3. The Morgan fingerprint density at radius 2 is 1.95 bits per heavy atom. The van der Waals surface area contributed by atoms with E-state index >= 15 is 0 Å². The quantitative estimate of drug-likeness (QED) is 0.419. The maximum Gasteiger partial charge on any atom is 0.305 e. The molecule has 0 aromatic heterocycles. The van der Waals surface area contributed by atoms with E-state index in [1.165, 1.54) is 13.2 Å². The third-order valence-corrected chi connectivity index (χ3v) is 4.08. The van der Waals surface area contributed by atoms with E-state index in [0.717, 1.165) is 12.0 Å². The molecule has 1 rings (SSSR count). The Balaban J connectivity index is 2.32. The Morgan fingerprint density at radius 3 is 2.60 bits per heavy atom. The summed E-state index contributed by atoms with van der Waals surface area (Å²) in [5.41, 5.74) is 0.868. The highest BCUT2D eigenvalue weighted by Gasteiger charge is 2.14. The first-order chi connectivity index (χ1) is 9.45. The molecule has 0 aliphatic rings. The number of benzene rings is 1. The monoisotopic (exact) mass is 300 g/mol. The minimum atomic E-state index is -3.68. The van der Waals surface area contributed by atoms with Crippen LogP contribution < -0.4 is 0 Å². The number of ether oxygens (including phenoxy) is 1. The van der Waals surface area contributed by atoms with E-state index in [1.807, 2.05) is 13.0 Å². The highest BCUT2D eigenvalue weighted by Crippen LogP contribution is 2.14. The molecule has 0 aliphatic heterocycles. The molecule has 0 fully saturated rings. The summed E-state index contributed by atoms with van der Waals surface area (Å²) in [6.07, 6.45) is 2.32. The van der Waals surface area contributed by atoms with Gasteiger partial charge in [-0.15, -0.1) is 0 Å². The molecule has 112 valence electrons. The van der Waals surface area contributed by atoms with Crippen LogP contribution in [0.15, 0.2) is 29.2 Å². The highest BCUT2D eigenvalue weighted by atomic mass is 32.2. The van der Waals surface area contributed by atoms with Crippen molar-refractivity contribution in [2.24, 2.45) is 0 Å². The first-order valence-electron chi connectivity index (χ1n) is 6.48. The summed E-state index contributed by atoms with van der Waals surface area (Å²) in [7, 11) is -2.34. The van der Waals surface area contributed by atoms with Crippen molar-refractivity contribution in [3.8, 4) is 0 Å². The van der Waals surface area contributed by atoms with Gasteiger partial charge in [0.2, 0.25) is 0 Å². The van der Waals surface area contributed by atoms with Crippen molar-refractivity contribution in [2.75, 3.05) is 13.7 Å². The molecule has 0 atom stereocenters. The SMILES string of the molecule is COC(=O)CCCCCOS(=O)(=O)c1cccc(C)c1. The van der Waals surface area contributed by atoms with Crippen molar-refractivity contribution < 1.29 is 22.1 Å². The predicted octanol–water partition coefficient (Wildman–Crippen LogP) is 2.43. The number of carbonyl (C=O) groups excluding carboxylic acids is 1. The number of carbonyl (C=O) groups is 1. The van der Waals surface area contributed by atoms with Crippen molar-refractivity contribution in [3.63, 3.8) is 0 Å². The smallest absolute Gasteiger partial charge is 0.305 e. The van der Waals surface area contributed by atoms with Crippen molar-refractivity contribution in [1.82, 2.24) is 0 Å². The third kappa shape index (κ3) is 5.71. The number of hydrogen-bond donors (Lipinski definition) is 0. The summed E-state index contributed by atoms with van der Waals surface area (Å²) in [6.45, 7) is 1.95. The zero-order valence-corrected chi connectivity index (χ0v) is 12.6. The Hall–Kier alpha value is -1.40. The van der Waals surface area contributed by atoms with E-state index in [9.17, 15) is 13.2 Å². The predicted molar refractivity (Wildman–Crippen MR) is 74.8 cm³/mol. The molecule has 20 heavy (non-hydrogen) atoms. The van der Waals surface area contributed by atoms with E-state index in [1.54, 1.807) is 12.1 Å². The summed E-state index contributed by atoms with van der Waals surface area (Å²) in [6, 6.07) is 6.60. The molecule has 0 saturated heterocycles. The molecule has 0 aliphatic carbocycles. The summed E-state index contributed by atoms with van der Waals surface area (Å²) in [5.74, 6) is -0.252. The molecule has 1 aromatic carbocycles. The lowest BCUT2D eigenvalue weighted by atomic mass is 10.2. The maximum atomic E-state index is 11.9. The molecule has 0 bridgehead atoms. The summed E-state index contributed by atoms with van der Waals surface area (Å²) < 4.78 is 33.2. The van der Waals surface area contributed by atoms with Crippen LogP contribution in [0, 0.1) is 6.92 Å². The fourth-order valence-corrected chi connectivity index (χ4v) is 2.71. The van der Waals surface area contributed by atoms with Gasteiger partial charge in [0.1, 0.15) is 0 Å². The van der Waals surface area contributed by atoms with Crippen molar-refractivity contribution in [1.29, 1.82) is 0 Å². The zero-order chi connectivity index (χ0) is 15.0. The van der Waals surface area contributed by atoms with Crippen LogP contribution in [0.5, 0.6) is 0 Å². The molecule has 0 N–H and O–H groups in total. The van der Waals surface area contributed by atoms with Gasteiger partial charge in [0.05, 0.1) is 18.6 Å². The van der Waals surface area contributed by atoms with E-state index < -0.39 is 10.1 Å². The lowest BCUT2D eigenvalue weighted by molar-refractivity contribution is -0.140. The van der Waals surface area contributed by atoms with Gasteiger partial charge in [-0.25, -0.2) is 0 Å². The topological polar surface area (TPSA) is 69.7 Å². The Kier molecular flexibility index (Phi) is 6.67. The average molecular weight is 300 g/mol. The molecule has 1 aromatic rings. The third-order valence-electron chi connectivity index (χ3n) is 2.77. The van der Waals surface area contributed by atoms with Crippen LogP contribution in [0.1, 0.15) is 31.2 Å². The zero-order valence-electron chi connectivity index (χ0n) is 11.8. The summed E-state index contributed by atoms with van der Waals surface area (Å²) >= 11 is 0. The van der Waals surface area contributed by atoms with Crippen LogP contribution in [-0.2, 0) is 23.8 Å². The molecule has 0 amide bonds. The van der Waals surface area contributed by atoms with Crippen molar-refractivity contribution in [2.45, 2.75) is 37.5 Å². The van der Waals surface area contributed by atoms with Gasteiger partial charge in [-0.05, 0) is 37.5 Å². The van der Waals surface area contributed by atoms with Crippen molar-refractivity contribution >= 4 is 16.1 Å². The number of methoxy groups -OCH3 is 1. The number of rotatable bonds is 8. The van der Waals surface area contributed by atoms with Gasteiger partial charge in [0, 0.05) is 6.42 Å². The van der Waals surface area contributed by atoms with E-state index in [2.05, 4.69) is 4.74 Å². The normalized spacial score (nSPS) is 11.3. The van der Waals surface area contributed by atoms with Gasteiger partial charge in [0.25, 0.3) is 10.1 Å². The highest BCUT2D eigenvalue weighted by molar-refractivity contribution is 7.86. The van der Waals surface area contributed by atoms with E-state index in [-0.39, 0.29) is 17.5 Å². The van der Waals surface area contributed by atoms with Gasteiger partial charge < -0.3 is 4.74 Å². The lowest BCUT2D eigenvalue weighted by Crippen LogP contribution is -2.08. The fraction of sp³-hybridized carbons (Fsp3) is 0.500. The largest absolute Gasteiger partial charge is 0.469 e. The van der Waals surface area contributed by atoms with Crippen molar-refractivity contribution in [3.05, 3.63) is 29.8 Å². The Labute approximate surface area is 120 Å². The first-order valence-corrected chi connectivity index (χ1v) is 7.89. The number of esters is 1. The van der Waals surface area contributed by atoms with Gasteiger partial charge in [0.15, 0.2) is 0 Å². The average Bonchev–Trinajstić information content (AvgIpc) is 2.42. The molecular weight excluding hydrogens is 280 g/mol. The van der Waals surface area contributed by atoms with E-state index in [4.69, 9.17) is 4.18 Å².